The van der Waals surface area contributed by atoms with Gasteiger partial charge in [0.15, 0.2) is 0 Å². The minimum Gasteiger partial charge on any atom is -0.343 e. The number of hydrogen-bond donors (Lipinski definition) is 2. The summed E-state index contributed by atoms with van der Waals surface area (Å²) in [5.41, 5.74) is -3.91. The lowest BCUT2D eigenvalue weighted by atomic mass is 10.1. The van der Waals surface area contributed by atoms with Crippen molar-refractivity contribution in [3.8, 4) is 0 Å². The lowest BCUT2D eigenvalue weighted by Crippen LogP contribution is -2.34. The van der Waals surface area contributed by atoms with E-state index < -0.39 is 75.3 Å². The largest absolute Gasteiger partial charge is 0.419 e. The number of benzene rings is 2. The molecule has 0 heterocycles. The SMILES string of the molecule is O=C(NCC(F)(F)F)c1cc(NC(=O)C2C(c3ccc(F)c(Cl)c3)C2(Cl)Cl)cc(C(F)(F)F)c1F. The summed E-state index contributed by atoms with van der Waals surface area (Å²) in [7, 11) is 0. The van der Waals surface area contributed by atoms with Gasteiger partial charge in [0.2, 0.25) is 5.91 Å². The van der Waals surface area contributed by atoms with Crippen molar-refractivity contribution >= 4 is 52.3 Å². The second-order valence-electron chi connectivity index (χ2n) is 7.47. The van der Waals surface area contributed by atoms with Crippen LogP contribution < -0.4 is 10.6 Å². The Morgan fingerprint density at radius 2 is 1.63 bits per heavy atom. The van der Waals surface area contributed by atoms with Crippen LogP contribution in [0.3, 0.4) is 0 Å². The van der Waals surface area contributed by atoms with Gasteiger partial charge in [-0.3, -0.25) is 9.59 Å². The molecule has 1 saturated carbocycles. The molecule has 1 aliphatic rings. The molecule has 2 aromatic carbocycles. The Labute approximate surface area is 206 Å². The first-order chi connectivity index (χ1) is 15.9. The van der Waals surface area contributed by atoms with Gasteiger partial charge >= 0.3 is 12.4 Å². The molecule has 4 nitrogen and oxygen atoms in total. The van der Waals surface area contributed by atoms with Crippen LogP contribution in [0.4, 0.5) is 40.8 Å². The summed E-state index contributed by atoms with van der Waals surface area (Å²) in [4.78, 5) is 24.7. The van der Waals surface area contributed by atoms with Crippen molar-refractivity contribution in [3.63, 3.8) is 0 Å². The van der Waals surface area contributed by atoms with E-state index in [-0.39, 0.29) is 16.7 Å². The van der Waals surface area contributed by atoms with Gasteiger partial charge in [0.1, 0.15) is 22.5 Å². The van der Waals surface area contributed by atoms with Crippen molar-refractivity contribution in [2.75, 3.05) is 11.9 Å². The molecule has 2 unspecified atom stereocenters. The van der Waals surface area contributed by atoms with E-state index in [0.717, 1.165) is 12.1 Å². The van der Waals surface area contributed by atoms with E-state index in [0.29, 0.717) is 6.07 Å². The lowest BCUT2D eigenvalue weighted by molar-refractivity contribution is -0.140. The van der Waals surface area contributed by atoms with Crippen LogP contribution in [-0.2, 0) is 11.0 Å². The van der Waals surface area contributed by atoms with Crippen LogP contribution in [0, 0.1) is 17.6 Å². The third kappa shape index (κ3) is 5.92. The van der Waals surface area contributed by atoms with E-state index in [2.05, 4.69) is 0 Å². The number of nitrogens with one attached hydrogen (secondary N) is 2. The quantitative estimate of drug-likeness (QED) is 0.321. The Balaban J connectivity index is 1.90. The average Bonchev–Trinajstić information content (AvgIpc) is 3.30. The molecule has 0 spiro atoms. The molecule has 0 aliphatic heterocycles. The molecule has 2 atom stereocenters. The van der Waals surface area contributed by atoms with Crippen molar-refractivity contribution in [2.45, 2.75) is 22.6 Å². The monoisotopic (exact) mass is 568 g/mol. The Kier molecular flexibility index (Phi) is 7.24. The molecule has 2 amide bonds. The number of halogens is 11. The van der Waals surface area contributed by atoms with E-state index in [1.807, 2.05) is 5.32 Å². The zero-order valence-electron chi connectivity index (χ0n) is 16.7. The van der Waals surface area contributed by atoms with Gasteiger partial charge in [-0.2, -0.15) is 26.3 Å². The summed E-state index contributed by atoms with van der Waals surface area (Å²) in [5.74, 6) is -7.99. The standard InChI is InChI=1S/C20H11Cl3F8N2O2/c21-11-3-7(1-2-12(11)24)13-14(19(13,22)23)17(35)33-8-4-9(16(34)32-6-18(26,27)28)15(25)10(5-8)20(29,30)31/h1-5,13-14H,6H2,(H,32,34)(H,33,35). The van der Waals surface area contributed by atoms with E-state index in [4.69, 9.17) is 34.8 Å². The highest BCUT2D eigenvalue weighted by Crippen LogP contribution is 2.65. The zero-order chi connectivity index (χ0) is 26.5. The number of carbonyl (C=O) groups excluding carboxylic acids is 2. The summed E-state index contributed by atoms with van der Waals surface area (Å²) >= 11 is 17.9. The van der Waals surface area contributed by atoms with Crippen LogP contribution in [0.5, 0.6) is 0 Å². The van der Waals surface area contributed by atoms with E-state index in [9.17, 15) is 44.7 Å². The first-order valence-electron chi connectivity index (χ1n) is 9.32. The molecule has 35 heavy (non-hydrogen) atoms. The van der Waals surface area contributed by atoms with Gasteiger partial charge in [0.05, 0.1) is 22.1 Å². The molecule has 0 bridgehead atoms. The highest BCUT2D eigenvalue weighted by molar-refractivity contribution is 6.53. The zero-order valence-corrected chi connectivity index (χ0v) is 19.0. The third-order valence-electron chi connectivity index (χ3n) is 4.98. The molecule has 15 heteroatoms. The van der Waals surface area contributed by atoms with Crippen LogP contribution in [-0.4, -0.2) is 28.9 Å². The van der Waals surface area contributed by atoms with Gasteiger partial charge < -0.3 is 10.6 Å². The molecule has 1 fully saturated rings. The van der Waals surface area contributed by atoms with Gasteiger partial charge in [0.25, 0.3) is 5.91 Å². The molecule has 0 radical (unpaired) electrons. The highest BCUT2D eigenvalue weighted by Gasteiger charge is 2.67. The summed E-state index contributed by atoms with van der Waals surface area (Å²) in [6, 6.07) is 3.96. The molecule has 2 N–H and O–H groups in total. The number of hydrogen-bond acceptors (Lipinski definition) is 2. The van der Waals surface area contributed by atoms with Crippen LogP contribution in [0.15, 0.2) is 30.3 Å². The number of amides is 2. The number of carbonyl (C=O) groups is 2. The van der Waals surface area contributed by atoms with Gasteiger partial charge in [0, 0.05) is 11.6 Å². The smallest absolute Gasteiger partial charge is 0.343 e. The predicted molar refractivity (Wildman–Crippen MR) is 110 cm³/mol. The van der Waals surface area contributed by atoms with Crippen LogP contribution in [0.25, 0.3) is 0 Å². The number of anilines is 1. The summed E-state index contributed by atoms with van der Waals surface area (Å²) in [6.45, 7) is -1.94. The average molecular weight is 570 g/mol. The van der Waals surface area contributed by atoms with Crippen LogP contribution in [0.1, 0.15) is 27.4 Å². The predicted octanol–water partition coefficient (Wildman–Crippen LogP) is 6.46. The molecule has 190 valence electrons. The van der Waals surface area contributed by atoms with Crippen LogP contribution >= 0.6 is 34.8 Å². The normalized spacial score (nSPS) is 19.3. The van der Waals surface area contributed by atoms with E-state index in [1.165, 1.54) is 11.4 Å². The lowest BCUT2D eigenvalue weighted by Gasteiger charge is -2.15. The molecule has 1 aliphatic carbocycles. The molecular weight excluding hydrogens is 559 g/mol. The Morgan fingerprint density at radius 1 is 1.00 bits per heavy atom. The van der Waals surface area contributed by atoms with Crippen molar-refractivity contribution in [3.05, 3.63) is 63.7 Å². The fraction of sp³-hybridized carbons (Fsp3) is 0.300. The second-order valence-corrected chi connectivity index (χ2v) is 9.33. The maximum atomic E-state index is 14.3. The van der Waals surface area contributed by atoms with Gasteiger partial charge in [-0.05, 0) is 29.8 Å². The highest BCUT2D eigenvalue weighted by atomic mass is 35.5. The van der Waals surface area contributed by atoms with Gasteiger partial charge in [-0.25, -0.2) is 8.78 Å². The van der Waals surface area contributed by atoms with E-state index >= 15 is 0 Å². The topological polar surface area (TPSA) is 58.2 Å². The minimum absolute atomic E-state index is 0.157. The molecule has 0 saturated heterocycles. The summed E-state index contributed by atoms with van der Waals surface area (Å²) in [5, 5.41) is 2.96. The maximum Gasteiger partial charge on any atom is 0.419 e. The maximum absolute atomic E-state index is 14.3. The number of alkyl halides is 8. The molecule has 3 rings (SSSR count). The van der Waals surface area contributed by atoms with Crippen molar-refractivity contribution in [1.29, 1.82) is 0 Å². The number of rotatable bonds is 5. The van der Waals surface area contributed by atoms with Crippen molar-refractivity contribution in [1.82, 2.24) is 5.32 Å². The van der Waals surface area contributed by atoms with Crippen molar-refractivity contribution < 1.29 is 44.7 Å². The first-order valence-corrected chi connectivity index (χ1v) is 10.5. The van der Waals surface area contributed by atoms with Crippen LogP contribution in [0.2, 0.25) is 5.02 Å². The fourth-order valence-electron chi connectivity index (χ4n) is 3.34. The molecule has 2 aromatic rings. The Morgan fingerprint density at radius 3 is 2.17 bits per heavy atom. The molecular formula is C20H11Cl3F8N2O2. The molecule has 0 aromatic heterocycles. The fourth-order valence-corrected chi connectivity index (χ4v) is 4.35. The van der Waals surface area contributed by atoms with Gasteiger partial charge in [-0.15, -0.1) is 23.2 Å². The summed E-state index contributed by atoms with van der Waals surface area (Å²) < 4.78 is 103. The second kappa shape index (κ2) is 9.29. The van der Waals surface area contributed by atoms with Gasteiger partial charge in [-0.1, -0.05) is 17.7 Å². The van der Waals surface area contributed by atoms with Crippen molar-refractivity contribution in [2.24, 2.45) is 5.92 Å². The van der Waals surface area contributed by atoms with E-state index in [1.54, 1.807) is 0 Å². The Hall–Kier alpha value is -2.31. The third-order valence-corrected chi connectivity index (χ3v) is 6.21. The minimum atomic E-state index is -5.36. The first kappa shape index (κ1) is 27.3. The summed E-state index contributed by atoms with van der Waals surface area (Å²) in [6.07, 6.45) is -10.3. The Bertz CT molecular complexity index is 1180.